The van der Waals surface area contributed by atoms with Gasteiger partial charge in [0.2, 0.25) is 5.91 Å². The summed E-state index contributed by atoms with van der Waals surface area (Å²) in [7, 11) is 1.90. The van der Waals surface area contributed by atoms with Gasteiger partial charge in [-0.1, -0.05) is 43.2 Å². The Balaban J connectivity index is 1.47. The molecule has 0 radical (unpaired) electrons. The molecule has 6 nitrogen and oxygen atoms in total. The zero-order chi connectivity index (χ0) is 19.2. The van der Waals surface area contributed by atoms with E-state index in [1.807, 2.05) is 44.0 Å². The van der Waals surface area contributed by atoms with Crippen molar-refractivity contribution in [1.29, 1.82) is 0 Å². The molecule has 0 bridgehead atoms. The molecule has 1 saturated carbocycles. The molecule has 7 heteroatoms. The number of rotatable bonds is 7. The van der Waals surface area contributed by atoms with Crippen molar-refractivity contribution in [3.8, 4) is 5.75 Å². The highest BCUT2D eigenvalue weighted by Crippen LogP contribution is 2.24. The molecule has 1 fully saturated rings. The number of benzene rings is 1. The molecule has 0 atom stereocenters. The molecule has 3 rings (SSSR count). The predicted molar refractivity (Wildman–Crippen MR) is 105 cm³/mol. The van der Waals surface area contributed by atoms with Gasteiger partial charge in [0.05, 0.1) is 5.75 Å². The predicted octanol–water partition coefficient (Wildman–Crippen LogP) is 4.15. The molecule has 0 N–H and O–H groups in total. The Labute approximate surface area is 164 Å². The van der Waals surface area contributed by atoms with Crippen molar-refractivity contribution in [3.63, 3.8) is 0 Å². The molecule has 0 saturated heterocycles. The van der Waals surface area contributed by atoms with E-state index >= 15 is 0 Å². The zero-order valence-corrected chi connectivity index (χ0v) is 17.1. The standard InChI is InChI=1S/C20H27N3O3S/c1-14-9-10-15(2)17(11-14)25-12-18-21-22-20(26-18)27-13-19(24)23(3)16-7-5-4-6-8-16/h9-11,16H,4-8,12-13H2,1-3H3. The summed E-state index contributed by atoms with van der Waals surface area (Å²) in [4.78, 5) is 14.3. The van der Waals surface area contributed by atoms with Crippen LogP contribution in [0.3, 0.4) is 0 Å². The van der Waals surface area contributed by atoms with Gasteiger partial charge in [-0.25, -0.2) is 0 Å². The van der Waals surface area contributed by atoms with Crippen LogP contribution in [0.4, 0.5) is 0 Å². The van der Waals surface area contributed by atoms with Gasteiger partial charge in [-0.2, -0.15) is 0 Å². The first kappa shape index (κ1) is 19.7. The monoisotopic (exact) mass is 389 g/mol. The van der Waals surface area contributed by atoms with Gasteiger partial charge in [0.25, 0.3) is 11.1 Å². The van der Waals surface area contributed by atoms with Crippen LogP contribution >= 0.6 is 11.8 Å². The summed E-state index contributed by atoms with van der Waals surface area (Å²) in [5.74, 6) is 1.64. The third-order valence-corrected chi connectivity index (χ3v) is 5.78. The van der Waals surface area contributed by atoms with E-state index in [0.29, 0.717) is 22.9 Å². The second kappa shape index (κ2) is 9.26. The molecule has 1 aromatic heterocycles. The number of nitrogens with zero attached hydrogens (tertiary/aromatic N) is 3. The van der Waals surface area contributed by atoms with Crippen molar-refractivity contribution in [2.75, 3.05) is 12.8 Å². The van der Waals surface area contributed by atoms with Crippen LogP contribution in [0.1, 0.15) is 49.1 Å². The zero-order valence-electron chi connectivity index (χ0n) is 16.2. The average molecular weight is 390 g/mol. The van der Waals surface area contributed by atoms with Crippen LogP contribution < -0.4 is 4.74 Å². The lowest BCUT2D eigenvalue weighted by molar-refractivity contribution is -0.129. The molecule has 1 amide bonds. The fourth-order valence-corrected chi connectivity index (χ4v) is 3.96. The Morgan fingerprint density at radius 2 is 2.04 bits per heavy atom. The quantitative estimate of drug-likeness (QED) is 0.663. The van der Waals surface area contributed by atoms with Crippen molar-refractivity contribution in [2.45, 2.75) is 63.8 Å². The minimum Gasteiger partial charge on any atom is -0.484 e. The van der Waals surface area contributed by atoms with E-state index in [9.17, 15) is 4.79 Å². The number of aromatic nitrogens is 2. The molecule has 2 aromatic rings. The largest absolute Gasteiger partial charge is 0.484 e. The lowest BCUT2D eigenvalue weighted by Gasteiger charge is -2.31. The third-order valence-electron chi connectivity index (χ3n) is 4.98. The normalized spacial score (nSPS) is 14.9. The first-order valence-corrected chi connectivity index (χ1v) is 10.4. The highest BCUT2D eigenvalue weighted by Gasteiger charge is 2.22. The van der Waals surface area contributed by atoms with E-state index in [1.54, 1.807) is 0 Å². The Morgan fingerprint density at radius 3 is 2.81 bits per heavy atom. The molecule has 1 aromatic carbocycles. The summed E-state index contributed by atoms with van der Waals surface area (Å²) < 4.78 is 11.4. The SMILES string of the molecule is Cc1ccc(C)c(OCc2nnc(SCC(=O)N(C)C3CCCCC3)o2)c1. The lowest BCUT2D eigenvalue weighted by Crippen LogP contribution is -2.39. The highest BCUT2D eigenvalue weighted by atomic mass is 32.2. The van der Waals surface area contributed by atoms with Crippen molar-refractivity contribution in [3.05, 3.63) is 35.2 Å². The molecule has 0 unspecified atom stereocenters. The average Bonchev–Trinajstić information content (AvgIpc) is 3.15. The van der Waals surface area contributed by atoms with Crippen molar-refractivity contribution < 1.29 is 13.9 Å². The summed E-state index contributed by atoms with van der Waals surface area (Å²) in [5, 5.41) is 8.42. The second-order valence-electron chi connectivity index (χ2n) is 7.10. The van der Waals surface area contributed by atoms with Crippen LogP contribution in [0.25, 0.3) is 0 Å². The van der Waals surface area contributed by atoms with E-state index in [0.717, 1.165) is 29.7 Å². The van der Waals surface area contributed by atoms with Gasteiger partial charge >= 0.3 is 0 Å². The fourth-order valence-electron chi connectivity index (χ4n) is 3.25. The molecule has 27 heavy (non-hydrogen) atoms. The minimum absolute atomic E-state index is 0.110. The first-order chi connectivity index (χ1) is 13.0. The first-order valence-electron chi connectivity index (χ1n) is 9.44. The van der Waals surface area contributed by atoms with Gasteiger partial charge in [-0.3, -0.25) is 4.79 Å². The maximum atomic E-state index is 12.4. The van der Waals surface area contributed by atoms with E-state index in [1.165, 1.54) is 31.0 Å². The number of hydrogen-bond acceptors (Lipinski definition) is 6. The van der Waals surface area contributed by atoms with Crippen LogP contribution in [-0.2, 0) is 11.4 Å². The summed E-state index contributed by atoms with van der Waals surface area (Å²) in [6.45, 7) is 4.24. The maximum absolute atomic E-state index is 12.4. The molecule has 0 aliphatic heterocycles. The molecule has 146 valence electrons. The number of carbonyl (C=O) groups excluding carboxylic acids is 1. The van der Waals surface area contributed by atoms with Gasteiger partial charge in [-0.15, -0.1) is 10.2 Å². The van der Waals surface area contributed by atoms with Crippen LogP contribution in [0.5, 0.6) is 5.75 Å². The number of ether oxygens (including phenoxy) is 1. The van der Waals surface area contributed by atoms with Crippen molar-refractivity contribution in [2.24, 2.45) is 0 Å². The number of aryl methyl sites for hydroxylation is 2. The molecule has 0 spiro atoms. The van der Waals surface area contributed by atoms with Crippen molar-refractivity contribution in [1.82, 2.24) is 15.1 Å². The molecule has 1 heterocycles. The van der Waals surface area contributed by atoms with Crippen molar-refractivity contribution >= 4 is 17.7 Å². The van der Waals surface area contributed by atoms with E-state index < -0.39 is 0 Å². The van der Waals surface area contributed by atoms with Gasteiger partial charge < -0.3 is 14.1 Å². The Kier molecular flexibility index (Phi) is 6.77. The van der Waals surface area contributed by atoms with Crippen LogP contribution in [-0.4, -0.2) is 39.8 Å². The number of hydrogen-bond donors (Lipinski definition) is 0. The van der Waals surface area contributed by atoms with Gasteiger partial charge in [0.1, 0.15) is 5.75 Å². The topological polar surface area (TPSA) is 68.5 Å². The maximum Gasteiger partial charge on any atom is 0.277 e. The fraction of sp³-hybridized carbons (Fsp3) is 0.550. The Hall–Kier alpha value is -2.02. The number of thioether (sulfide) groups is 1. The van der Waals surface area contributed by atoms with Gasteiger partial charge in [0.15, 0.2) is 6.61 Å². The van der Waals surface area contributed by atoms with E-state index in [2.05, 4.69) is 10.2 Å². The number of carbonyl (C=O) groups is 1. The van der Waals surface area contributed by atoms with Crippen LogP contribution in [0, 0.1) is 13.8 Å². The van der Waals surface area contributed by atoms with Gasteiger partial charge in [-0.05, 0) is 43.9 Å². The van der Waals surface area contributed by atoms with Gasteiger partial charge in [0, 0.05) is 13.1 Å². The molecule has 1 aliphatic rings. The second-order valence-corrected chi connectivity index (χ2v) is 8.03. The van der Waals surface area contributed by atoms with Crippen LogP contribution in [0.2, 0.25) is 0 Å². The smallest absolute Gasteiger partial charge is 0.277 e. The Morgan fingerprint density at radius 1 is 1.26 bits per heavy atom. The minimum atomic E-state index is 0.110. The summed E-state index contributed by atoms with van der Waals surface area (Å²) in [5.41, 5.74) is 2.20. The lowest BCUT2D eigenvalue weighted by atomic mass is 9.94. The third kappa shape index (κ3) is 5.48. The highest BCUT2D eigenvalue weighted by molar-refractivity contribution is 7.99. The van der Waals surface area contributed by atoms with Crippen LogP contribution in [0.15, 0.2) is 27.8 Å². The summed E-state index contributed by atoms with van der Waals surface area (Å²) in [6, 6.07) is 6.43. The molecule has 1 aliphatic carbocycles. The Bertz CT molecular complexity index is 772. The summed E-state index contributed by atoms with van der Waals surface area (Å²) in [6.07, 6.45) is 5.91. The molecular formula is C20H27N3O3S. The summed E-state index contributed by atoms with van der Waals surface area (Å²) >= 11 is 1.28. The number of amides is 1. The molecular weight excluding hydrogens is 362 g/mol. The van der Waals surface area contributed by atoms with E-state index in [4.69, 9.17) is 9.15 Å². The van der Waals surface area contributed by atoms with E-state index in [-0.39, 0.29) is 12.5 Å².